The van der Waals surface area contributed by atoms with Crippen molar-refractivity contribution in [1.29, 1.82) is 0 Å². The number of benzene rings is 1. The molecule has 3 aliphatic rings. The Balaban J connectivity index is 1.54. The van der Waals surface area contributed by atoms with Gasteiger partial charge in [-0.25, -0.2) is 0 Å². The van der Waals surface area contributed by atoms with Crippen molar-refractivity contribution < 1.29 is 29.1 Å². The molecule has 1 aliphatic carbocycles. The molecule has 2 heterocycles. The van der Waals surface area contributed by atoms with Crippen LogP contribution >= 0.6 is 0 Å². The molecule has 11 nitrogen and oxygen atoms in total. The Kier molecular flexibility index (Phi) is 10.5. The van der Waals surface area contributed by atoms with E-state index in [4.69, 9.17) is 10.7 Å². The highest BCUT2D eigenvalue weighted by molar-refractivity contribution is 6.17. The molecule has 0 bridgehead atoms. The van der Waals surface area contributed by atoms with Crippen LogP contribution < -0.4 is 16.4 Å². The summed E-state index contributed by atoms with van der Waals surface area (Å²) in [5.41, 5.74) is 3.40. The molecule has 1 aromatic rings. The lowest BCUT2D eigenvalue weighted by molar-refractivity contribution is -0.135. The summed E-state index contributed by atoms with van der Waals surface area (Å²) in [6.07, 6.45) is 5.69. The maximum atomic E-state index is 14.4. The smallest absolute Gasteiger partial charge is 0.242 e. The third kappa shape index (κ3) is 7.31. The number of ketones is 2. The topological polar surface area (TPSA) is 180 Å². The molecule has 5 N–H and O–H groups in total. The van der Waals surface area contributed by atoms with Crippen molar-refractivity contribution in [3.63, 3.8) is 0 Å². The van der Waals surface area contributed by atoms with Gasteiger partial charge in [0.2, 0.25) is 17.7 Å². The summed E-state index contributed by atoms with van der Waals surface area (Å²) >= 11 is 0. The standard InChI is InChI=1S/C33H45N5O6/c1-20(2)14-32(16-25(40)18-35-31(44)28(38-21(3)39)23-11-7-8-12-23)30(43)26(19-36-32)33(15-22-9-5-4-6-10-22)29(42)24(17-37-33)13-27(34)41/h4-6,9-10,17,19-20,23-26,28,40H,7-8,11-16,18H2,1-3H3,(H2,34,41)(H,35,44)(H,38,39)/t24?,25?,26?,28-,32-,33-/m0/s1. The van der Waals surface area contributed by atoms with Gasteiger partial charge in [0.05, 0.1) is 17.9 Å². The van der Waals surface area contributed by atoms with Crippen LogP contribution in [-0.4, -0.2) is 76.6 Å². The Morgan fingerprint density at radius 3 is 2.32 bits per heavy atom. The fraction of sp³-hybridized carbons (Fsp3) is 0.606. The van der Waals surface area contributed by atoms with Gasteiger partial charge in [-0.15, -0.1) is 0 Å². The average molecular weight is 608 g/mol. The predicted molar refractivity (Wildman–Crippen MR) is 166 cm³/mol. The molecule has 2 aliphatic heterocycles. The Bertz CT molecular complexity index is 1310. The van der Waals surface area contributed by atoms with Crippen molar-refractivity contribution in [3.8, 4) is 0 Å². The lowest BCUT2D eigenvalue weighted by Crippen LogP contribution is -2.54. The first-order chi connectivity index (χ1) is 20.9. The molecule has 6 atom stereocenters. The minimum absolute atomic E-state index is 0.0265. The summed E-state index contributed by atoms with van der Waals surface area (Å²) < 4.78 is 0. The largest absolute Gasteiger partial charge is 0.391 e. The van der Waals surface area contributed by atoms with Crippen LogP contribution in [0.15, 0.2) is 40.3 Å². The van der Waals surface area contributed by atoms with Crippen molar-refractivity contribution in [2.24, 2.45) is 39.4 Å². The van der Waals surface area contributed by atoms with E-state index in [-0.39, 0.29) is 61.0 Å². The van der Waals surface area contributed by atoms with Crippen LogP contribution in [0.5, 0.6) is 0 Å². The first-order valence-electron chi connectivity index (χ1n) is 15.6. The predicted octanol–water partition coefficient (Wildman–Crippen LogP) is 1.73. The number of Topliss-reactive ketones (excluding diaryl/α,β-unsaturated/α-hetero) is 2. The van der Waals surface area contributed by atoms with E-state index >= 15 is 0 Å². The van der Waals surface area contributed by atoms with Gasteiger partial charge in [0.25, 0.3) is 0 Å². The van der Waals surface area contributed by atoms with E-state index in [2.05, 4.69) is 15.6 Å². The quantitative estimate of drug-likeness (QED) is 0.250. The molecular weight excluding hydrogens is 562 g/mol. The zero-order chi connectivity index (χ0) is 32.1. The summed E-state index contributed by atoms with van der Waals surface area (Å²) in [4.78, 5) is 74.2. The van der Waals surface area contributed by atoms with Gasteiger partial charge in [0.15, 0.2) is 11.6 Å². The molecule has 0 aromatic heterocycles. The van der Waals surface area contributed by atoms with Crippen LogP contribution in [0.1, 0.15) is 71.3 Å². The summed E-state index contributed by atoms with van der Waals surface area (Å²) in [5.74, 6) is -3.74. The molecule has 238 valence electrons. The Hall–Kier alpha value is -3.73. The van der Waals surface area contributed by atoms with Crippen molar-refractivity contribution in [2.45, 2.75) is 95.4 Å². The third-order valence-electron chi connectivity index (χ3n) is 9.06. The van der Waals surface area contributed by atoms with Crippen LogP contribution in [-0.2, 0) is 30.4 Å². The minimum atomic E-state index is -1.49. The monoisotopic (exact) mass is 607 g/mol. The van der Waals surface area contributed by atoms with Crippen LogP contribution in [0.25, 0.3) is 0 Å². The number of hydrogen-bond donors (Lipinski definition) is 4. The summed E-state index contributed by atoms with van der Waals surface area (Å²) in [5, 5.41) is 16.7. The Morgan fingerprint density at radius 1 is 1.02 bits per heavy atom. The maximum Gasteiger partial charge on any atom is 0.242 e. The van der Waals surface area contributed by atoms with Crippen molar-refractivity contribution in [1.82, 2.24) is 10.6 Å². The Labute approximate surface area is 258 Å². The zero-order valence-corrected chi connectivity index (χ0v) is 25.8. The summed E-state index contributed by atoms with van der Waals surface area (Å²) in [6.45, 7) is 5.15. The molecule has 0 radical (unpaired) electrons. The molecule has 1 fully saturated rings. The molecule has 44 heavy (non-hydrogen) atoms. The normalized spacial score (nSPS) is 28.0. The second kappa shape index (κ2) is 13.9. The van der Waals surface area contributed by atoms with E-state index < -0.39 is 41.0 Å². The highest BCUT2D eigenvalue weighted by Crippen LogP contribution is 2.43. The summed E-state index contributed by atoms with van der Waals surface area (Å²) in [6, 6.07) is 8.57. The van der Waals surface area contributed by atoms with E-state index in [1.807, 2.05) is 44.2 Å². The van der Waals surface area contributed by atoms with Gasteiger partial charge >= 0.3 is 0 Å². The van der Waals surface area contributed by atoms with Crippen LogP contribution in [0.2, 0.25) is 0 Å². The number of carbonyl (C=O) groups is 5. The van der Waals surface area contributed by atoms with Gasteiger partial charge in [0, 0.05) is 45.2 Å². The van der Waals surface area contributed by atoms with Gasteiger partial charge in [-0.1, -0.05) is 57.0 Å². The second-order valence-electron chi connectivity index (χ2n) is 13.1. The number of rotatable bonds is 14. The SMILES string of the molecule is CC(=O)N[C@H](C(=O)NCC(O)C[C@]1(CC(C)C)N=CC([C@]2(Cc3ccccc3)N=CC(CC(N)=O)C2=O)C1=O)C1CCCC1. The van der Waals surface area contributed by atoms with E-state index in [0.717, 1.165) is 31.2 Å². The lowest BCUT2D eigenvalue weighted by atomic mass is 9.69. The zero-order valence-electron chi connectivity index (χ0n) is 25.8. The number of nitrogens with zero attached hydrogens (tertiary/aromatic N) is 2. The van der Waals surface area contributed by atoms with Gasteiger partial charge in [0.1, 0.15) is 17.1 Å². The minimum Gasteiger partial charge on any atom is -0.391 e. The molecule has 3 amide bonds. The maximum absolute atomic E-state index is 14.4. The summed E-state index contributed by atoms with van der Waals surface area (Å²) in [7, 11) is 0. The highest BCUT2D eigenvalue weighted by atomic mass is 16.3. The van der Waals surface area contributed by atoms with Gasteiger partial charge in [-0.3, -0.25) is 34.0 Å². The fourth-order valence-corrected chi connectivity index (χ4v) is 7.16. The number of amides is 3. The number of nitrogens with two attached hydrogens (primary N) is 1. The van der Waals surface area contributed by atoms with Gasteiger partial charge < -0.3 is 21.5 Å². The molecule has 3 unspecified atom stereocenters. The number of primary amides is 1. The first kappa shape index (κ1) is 33.2. The number of carbonyl (C=O) groups excluding carboxylic acids is 5. The van der Waals surface area contributed by atoms with Crippen molar-refractivity contribution in [2.75, 3.05) is 6.54 Å². The number of nitrogens with one attached hydrogen (secondary N) is 2. The molecular formula is C33H45N5O6. The number of aliphatic hydroxyl groups excluding tert-OH is 1. The van der Waals surface area contributed by atoms with Crippen molar-refractivity contribution in [3.05, 3.63) is 35.9 Å². The fourth-order valence-electron chi connectivity index (χ4n) is 7.16. The van der Waals surface area contributed by atoms with Crippen LogP contribution in [0, 0.1) is 23.7 Å². The van der Waals surface area contributed by atoms with Gasteiger partial charge in [-0.2, -0.15) is 0 Å². The molecule has 4 rings (SSSR count). The number of hydrogen-bond acceptors (Lipinski definition) is 8. The molecule has 1 aromatic carbocycles. The Morgan fingerprint density at radius 2 is 1.70 bits per heavy atom. The highest BCUT2D eigenvalue weighted by Gasteiger charge is 2.59. The molecule has 0 saturated heterocycles. The first-order valence-corrected chi connectivity index (χ1v) is 15.6. The van der Waals surface area contributed by atoms with E-state index in [1.165, 1.54) is 19.4 Å². The number of aliphatic hydroxyl groups is 1. The third-order valence-corrected chi connectivity index (χ3v) is 9.06. The molecule has 11 heteroatoms. The lowest BCUT2D eigenvalue weighted by Gasteiger charge is -2.34. The molecule has 0 spiro atoms. The van der Waals surface area contributed by atoms with E-state index in [9.17, 15) is 29.1 Å². The van der Waals surface area contributed by atoms with Crippen LogP contribution in [0.4, 0.5) is 0 Å². The van der Waals surface area contributed by atoms with Gasteiger partial charge in [-0.05, 0) is 36.7 Å². The average Bonchev–Trinajstić information content (AvgIpc) is 3.67. The van der Waals surface area contributed by atoms with E-state index in [0.29, 0.717) is 6.42 Å². The number of aliphatic imine (C=N–C) groups is 2. The second-order valence-corrected chi connectivity index (χ2v) is 13.1. The van der Waals surface area contributed by atoms with E-state index in [1.54, 1.807) is 0 Å². The molecule has 1 saturated carbocycles. The van der Waals surface area contributed by atoms with Crippen LogP contribution in [0.3, 0.4) is 0 Å². The van der Waals surface area contributed by atoms with Crippen molar-refractivity contribution >= 4 is 41.7 Å².